The first kappa shape index (κ1) is 11.2. The van der Waals surface area contributed by atoms with Crippen LogP contribution in [0.3, 0.4) is 0 Å². The van der Waals surface area contributed by atoms with Crippen LogP contribution in [0.15, 0.2) is 24.5 Å². The van der Waals surface area contributed by atoms with Gasteiger partial charge in [0.25, 0.3) is 0 Å². The second-order valence-electron chi connectivity index (χ2n) is 4.09. The van der Waals surface area contributed by atoms with Crippen molar-refractivity contribution in [1.29, 1.82) is 0 Å². The molecule has 0 aromatic carbocycles. The molecule has 0 atom stereocenters. The van der Waals surface area contributed by atoms with Crippen LogP contribution in [-0.4, -0.2) is 19.6 Å². The molecule has 3 aromatic heterocycles. The van der Waals surface area contributed by atoms with Crippen molar-refractivity contribution >= 4 is 22.9 Å². The lowest BCUT2D eigenvalue weighted by Crippen LogP contribution is -1.99. The number of aryl methyl sites for hydroxylation is 2. The third kappa shape index (κ3) is 2.06. The summed E-state index contributed by atoms with van der Waals surface area (Å²) in [5, 5.41) is 8.67. The van der Waals surface area contributed by atoms with Crippen LogP contribution in [-0.2, 0) is 6.54 Å². The van der Waals surface area contributed by atoms with Gasteiger partial charge in [0.15, 0.2) is 5.65 Å². The summed E-state index contributed by atoms with van der Waals surface area (Å²) >= 11 is 1.68. The molecule has 0 unspecified atom stereocenters. The van der Waals surface area contributed by atoms with Gasteiger partial charge in [-0.05, 0) is 25.5 Å². The molecular formula is C12H13N5S. The zero-order valence-corrected chi connectivity index (χ0v) is 11.0. The smallest absolute Gasteiger partial charge is 0.243 e. The minimum absolute atomic E-state index is 0.648. The van der Waals surface area contributed by atoms with Crippen LogP contribution in [0.25, 0.3) is 5.65 Å². The van der Waals surface area contributed by atoms with Crippen molar-refractivity contribution < 1.29 is 0 Å². The summed E-state index contributed by atoms with van der Waals surface area (Å²) < 4.78 is 1.79. The SMILES string of the molecule is Cc1ncc(CNc2nc3c(C)cccn3n2)s1. The fourth-order valence-electron chi connectivity index (χ4n) is 1.77. The van der Waals surface area contributed by atoms with E-state index in [-0.39, 0.29) is 0 Å². The molecule has 3 aromatic rings. The fourth-order valence-corrected chi connectivity index (χ4v) is 2.50. The van der Waals surface area contributed by atoms with E-state index in [1.54, 1.807) is 15.9 Å². The number of rotatable bonds is 3. The van der Waals surface area contributed by atoms with Gasteiger partial charge < -0.3 is 5.32 Å². The van der Waals surface area contributed by atoms with Crippen LogP contribution < -0.4 is 5.32 Å². The molecule has 1 N–H and O–H groups in total. The van der Waals surface area contributed by atoms with E-state index in [1.165, 1.54) is 4.88 Å². The van der Waals surface area contributed by atoms with E-state index < -0.39 is 0 Å². The van der Waals surface area contributed by atoms with Gasteiger partial charge in [0.1, 0.15) is 0 Å². The summed E-state index contributed by atoms with van der Waals surface area (Å²) in [6.07, 6.45) is 3.78. The summed E-state index contributed by atoms with van der Waals surface area (Å²) in [5.41, 5.74) is 2.01. The molecule has 0 aliphatic heterocycles. The zero-order chi connectivity index (χ0) is 12.5. The lowest BCUT2D eigenvalue weighted by molar-refractivity contribution is 0.948. The Balaban J connectivity index is 1.81. The maximum atomic E-state index is 4.46. The number of fused-ring (bicyclic) bond motifs is 1. The summed E-state index contributed by atoms with van der Waals surface area (Å²) in [5.74, 6) is 0.648. The first-order valence-corrected chi connectivity index (χ1v) is 6.51. The summed E-state index contributed by atoms with van der Waals surface area (Å²) in [7, 11) is 0. The topological polar surface area (TPSA) is 55.1 Å². The second kappa shape index (κ2) is 4.38. The van der Waals surface area contributed by atoms with Crippen LogP contribution in [0, 0.1) is 13.8 Å². The fraction of sp³-hybridized carbons (Fsp3) is 0.250. The summed E-state index contributed by atoms with van der Waals surface area (Å²) in [6.45, 7) is 4.74. The molecule has 0 spiro atoms. The Morgan fingerprint density at radius 2 is 2.28 bits per heavy atom. The predicted molar refractivity (Wildman–Crippen MR) is 71.9 cm³/mol. The number of pyridine rings is 1. The van der Waals surface area contributed by atoms with Gasteiger partial charge in [-0.1, -0.05) is 6.07 Å². The molecular weight excluding hydrogens is 246 g/mol. The quantitative estimate of drug-likeness (QED) is 0.784. The molecule has 0 amide bonds. The number of hydrogen-bond donors (Lipinski definition) is 1. The van der Waals surface area contributed by atoms with Gasteiger partial charge in [-0.15, -0.1) is 16.4 Å². The molecule has 0 fully saturated rings. The van der Waals surface area contributed by atoms with E-state index in [4.69, 9.17) is 0 Å². The predicted octanol–water partition coefficient (Wildman–Crippen LogP) is 2.41. The molecule has 6 heteroatoms. The third-order valence-electron chi connectivity index (χ3n) is 2.65. The van der Waals surface area contributed by atoms with E-state index >= 15 is 0 Å². The highest BCUT2D eigenvalue weighted by molar-refractivity contribution is 7.11. The van der Waals surface area contributed by atoms with Crippen LogP contribution in [0.1, 0.15) is 15.4 Å². The van der Waals surface area contributed by atoms with Gasteiger partial charge in [0.05, 0.1) is 11.6 Å². The van der Waals surface area contributed by atoms with Gasteiger partial charge in [-0.2, -0.15) is 4.98 Å². The van der Waals surface area contributed by atoms with Crippen LogP contribution in [0.4, 0.5) is 5.95 Å². The monoisotopic (exact) mass is 259 g/mol. The number of aromatic nitrogens is 4. The lowest BCUT2D eigenvalue weighted by atomic mass is 10.3. The van der Waals surface area contributed by atoms with E-state index in [0.717, 1.165) is 16.2 Å². The molecule has 5 nitrogen and oxygen atoms in total. The summed E-state index contributed by atoms with van der Waals surface area (Å²) in [6, 6.07) is 3.99. The largest absolute Gasteiger partial charge is 0.348 e. The first-order chi connectivity index (χ1) is 8.72. The maximum absolute atomic E-state index is 4.46. The van der Waals surface area contributed by atoms with E-state index in [2.05, 4.69) is 20.4 Å². The van der Waals surface area contributed by atoms with Crippen molar-refractivity contribution in [2.75, 3.05) is 5.32 Å². The summed E-state index contributed by atoms with van der Waals surface area (Å²) in [4.78, 5) is 9.86. The molecule has 18 heavy (non-hydrogen) atoms. The molecule has 92 valence electrons. The van der Waals surface area contributed by atoms with Gasteiger partial charge in [0, 0.05) is 17.3 Å². The molecule has 0 aliphatic rings. The average Bonchev–Trinajstić information content (AvgIpc) is 2.93. The van der Waals surface area contributed by atoms with Gasteiger partial charge in [0.2, 0.25) is 5.95 Å². The van der Waals surface area contributed by atoms with Gasteiger partial charge >= 0.3 is 0 Å². The van der Waals surface area contributed by atoms with Crippen LogP contribution >= 0.6 is 11.3 Å². The highest BCUT2D eigenvalue weighted by Gasteiger charge is 2.05. The molecule has 3 heterocycles. The van der Waals surface area contributed by atoms with Crippen molar-refractivity contribution in [3.05, 3.63) is 40.0 Å². The Morgan fingerprint density at radius 3 is 3.00 bits per heavy atom. The Labute approximate surface area is 109 Å². The number of thiazole rings is 1. The number of nitrogens with one attached hydrogen (secondary N) is 1. The van der Waals surface area contributed by atoms with E-state index in [9.17, 15) is 0 Å². The second-order valence-corrected chi connectivity index (χ2v) is 5.41. The molecule has 0 saturated heterocycles. The third-order valence-corrected chi connectivity index (χ3v) is 3.56. The van der Waals surface area contributed by atoms with Crippen molar-refractivity contribution in [2.24, 2.45) is 0 Å². The van der Waals surface area contributed by atoms with Gasteiger partial charge in [-0.25, -0.2) is 9.50 Å². The minimum Gasteiger partial charge on any atom is -0.348 e. The number of hydrogen-bond acceptors (Lipinski definition) is 5. The Kier molecular flexibility index (Phi) is 2.71. The van der Waals surface area contributed by atoms with Crippen LogP contribution in [0.2, 0.25) is 0 Å². The van der Waals surface area contributed by atoms with Crippen molar-refractivity contribution in [3.63, 3.8) is 0 Å². The van der Waals surface area contributed by atoms with E-state index in [1.807, 2.05) is 38.4 Å². The van der Waals surface area contributed by atoms with Crippen molar-refractivity contribution in [3.8, 4) is 0 Å². The Bertz CT molecular complexity index is 685. The minimum atomic E-state index is 0.648. The molecule has 0 aliphatic carbocycles. The number of anilines is 1. The van der Waals surface area contributed by atoms with Crippen molar-refractivity contribution in [2.45, 2.75) is 20.4 Å². The molecule has 0 saturated carbocycles. The Morgan fingerprint density at radius 1 is 1.39 bits per heavy atom. The Hall–Kier alpha value is -1.95. The standard InChI is InChI=1S/C12H13N5S/c1-8-4-3-5-17-11(8)15-12(16-17)14-7-10-6-13-9(2)18-10/h3-6H,7H2,1-2H3,(H,14,16). The zero-order valence-electron chi connectivity index (χ0n) is 10.2. The molecule has 0 bridgehead atoms. The highest BCUT2D eigenvalue weighted by atomic mass is 32.1. The number of nitrogens with zero attached hydrogens (tertiary/aromatic N) is 4. The average molecular weight is 259 g/mol. The van der Waals surface area contributed by atoms with Crippen LogP contribution in [0.5, 0.6) is 0 Å². The molecule has 3 rings (SSSR count). The normalized spacial score (nSPS) is 11.0. The highest BCUT2D eigenvalue weighted by Crippen LogP contribution is 2.14. The maximum Gasteiger partial charge on any atom is 0.243 e. The van der Waals surface area contributed by atoms with Crippen molar-refractivity contribution in [1.82, 2.24) is 19.6 Å². The van der Waals surface area contributed by atoms with Gasteiger partial charge in [-0.3, -0.25) is 0 Å². The first-order valence-electron chi connectivity index (χ1n) is 5.69. The lowest BCUT2D eigenvalue weighted by Gasteiger charge is -1.96. The van der Waals surface area contributed by atoms with E-state index in [0.29, 0.717) is 12.5 Å². The molecule has 0 radical (unpaired) electrons.